The lowest BCUT2D eigenvalue weighted by Gasteiger charge is -2.40. The molecule has 0 radical (unpaired) electrons. The molecule has 0 spiro atoms. The van der Waals surface area contributed by atoms with Gasteiger partial charge in [0, 0.05) is 13.1 Å². The van der Waals surface area contributed by atoms with Crippen molar-refractivity contribution in [2.45, 2.75) is 12.7 Å². The van der Waals surface area contributed by atoms with E-state index in [2.05, 4.69) is 0 Å². The summed E-state index contributed by atoms with van der Waals surface area (Å²) in [7, 11) is -3.33. The van der Waals surface area contributed by atoms with Crippen LogP contribution in [0, 0.1) is 11.8 Å². The van der Waals surface area contributed by atoms with E-state index in [4.69, 9.17) is 5.11 Å². The molecular formula is C13H17NO4S. The molecule has 0 amide bonds. The van der Waals surface area contributed by atoms with Gasteiger partial charge in [-0.15, -0.1) is 0 Å². The van der Waals surface area contributed by atoms with Gasteiger partial charge in [0.1, 0.15) is 0 Å². The van der Waals surface area contributed by atoms with E-state index in [1.54, 1.807) is 31.2 Å². The first kappa shape index (κ1) is 14.0. The number of hydrogen-bond acceptors (Lipinski definition) is 3. The summed E-state index contributed by atoms with van der Waals surface area (Å²) in [6.07, 6.45) is 0. The zero-order valence-electron chi connectivity index (χ0n) is 10.7. The van der Waals surface area contributed by atoms with Crippen molar-refractivity contribution in [1.82, 2.24) is 4.31 Å². The van der Waals surface area contributed by atoms with Crippen LogP contribution in [0.25, 0.3) is 0 Å². The Morgan fingerprint density at radius 2 is 1.95 bits per heavy atom. The van der Waals surface area contributed by atoms with Crippen LogP contribution in [-0.4, -0.2) is 36.9 Å². The SMILES string of the molecule is CC(C(=O)O)C1CN(S(=O)(=O)Cc2ccccc2)C1. The van der Waals surface area contributed by atoms with E-state index in [-0.39, 0.29) is 11.7 Å². The lowest BCUT2D eigenvalue weighted by Crippen LogP contribution is -2.53. The number of benzene rings is 1. The fourth-order valence-corrected chi connectivity index (χ4v) is 3.72. The third-order valence-corrected chi connectivity index (χ3v) is 5.34. The fourth-order valence-electron chi connectivity index (χ4n) is 2.09. The summed E-state index contributed by atoms with van der Waals surface area (Å²) < 4.78 is 25.6. The van der Waals surface area contributed by atoms with Gasteiger partial charge in [0.2, 0.25) is 10.0 Å². The maximum atomic E-state index is 12.1. The molecular weight excluding hydrogens is 266 g/mol. The van der Waals surface area contributed by atoms with Crippen LogP contribution < -0.4 is 0 Å². The topological polar surface area (TPSA) is 74.7 Å². The van der Waals surface area contributed by atoms with Crippen LogP contribution >= 0.6 is 0 Å². The molecule has 2 rings (SSSR count). The molecule has 1 aliphatic rings. The zero-order chi connectivity index (χ0) is 14.0. The van der Waals surface area contributed by atoms with E-state index in [0.717, 1.165) is 5.56 Å². The number of carboxylic acids is 1. The highest BCUT2D eigenvalue weighted by Gasteiger charge is 2.40. The van der Waals surface area contributed by atoms with Crippen molar-refractivity contribution in [2.24, 2.45) is 11.8 Å². The Bertz CT molecular complexity index is 549. The number of nitrogens with zero attached hydrogens (tertiary/aromatic N) is 1. The van der Waals surface area contributed by atoms with Crippen molar-refractivity contribution >= 4 is 16.0 Å². The number of carbonyl (C=O) groups is 1. The van der Waals surface area contributed by atoms with Crippen molar-refractivity contribution in [3.63, 3.8) is 0 Å². The number of aliphatic carboxylic acids is 1. The Hall–Kier alpha value is -1.40. The summed E-state index contributed by atoms with van der Waals surface area (Å²) >= 11 is 0. The van der Waals surface area contributed by atoms with E-state index >= 15 is 0 Å². The average molecular weight is 283 g/mol. The van der Waals surface area contributed by atoms with Crippen LogP contribution in [0.3, 0.4) is 0 Å². The molecule has 1 N–H and O–H groups in total. The molecule has 5 nitrogen and oxygen atoms in total. The van der Waals surface area contributed by atoms with E-state index in [1.807, 2.05) is 6.07 Å². The van der Waals surface area contributed by atoms with Crippen molar-refractivity contribution < 1.29 is 18.3 Å². The lowest BCUT2D eigenvalue weighted by molar-refractivity contribution is -0.144. The highest BCUT2D eigenvalue weighted by molar-refractivity contribution is 7.88. The van der Waals surface area contributed by atoms with Gasteiger partial charge < -0.3 is 5.11 Å². The van der Waals surface area contributed by atoms with Crippen LogP contribution in [0.15, 0.2) is 30.3 Å². The fraction of sp³-hybridized carbons (Fsp3) is 0.462. The molecule has 1 heterocycles. The van der Waals surface area contributed by atoms with Crippen molar-refractivity contribution in [3.8, 4) is 0 Å². The molecule has 1 aromatic carbocycles. The minimum atomic E-state index is -3.33. The molecule has 1 atom stereocenters. The summed E-state index contributed by atoms with van der Waals surface area (Å²) in [5.41, 5.74) is 0.747. The minimum Gasteiger partial charge on any atom is -0.481 e. The molecule has 0 bridgehead atoms. The molecule has 1 saturated heterocycles. The monoisotopic (exact) mass is 283 g/mol. The van der Waals surface area contributed by atoms with E-state index in [0.29, 0.717) is 13.1 Å². The predicted molar refractivity (Wildman–Crippen MR) is 70.9 cm³/mol. The lowest BCUT2D eigenvalue weighted by atomic mass is 9.89. The summed E-state index contributed by atoms with van der Waals surface area (Å²) in [4.78, 5) is 10.8. The van der Waals surface area contributed by atoms with Gasteiger partial charge >= 0.3 is 5.97 Å². The third-order valence-electron chi connectivity index (χ3n) is 3.56. The second kappa shape index (κ2) is 5.30. The molecule has 1 aliphatic heterocycles. The number of rotatable bonds is 5. The van der Waals surface area contributed by atoms with Gasteiger partial charge in [-0.1, -0.05) is 37.3 Å². The molecule has 0 saturated carbocycles. The molecule has 1 unspecified atom stereocenters. The molecule has 6 heteroatoms. The highest BCUT2D eigenvalue weighted by atomic mass is 32.2. The van der Waals surface area contributed by atoms with Crippen LogP contribution in [0.5, 0.6) is 0 Å². The van der Waals surface area contributed by atoms with Crippen molar-refractivity contribution in [3.05, 3.63) is 35.9 Å². The van der Waals surface area contributed by atoms with Gasteiger partial charge in [-0.05, 0) is 11.5 Å². The number of sulfonamides is 1. The summed E-state index contributed by atoms with van der Waals surface area (Å²) in [6.45, 7) is 2.24. The second-order valence-electron chi connectivity index (χ2n) is 4.95. The first-order chi connectivity index (χ1) is 8.90. The summed E-state index contributed by atoms with van der Waals surface area (Å²) in [5, 5.41) is 8.87. The van der Waals surface area contributed by atoms with Gasteiger partial charge in [0.25, 0.3) is 0 Å². The molecule has 0 aliphatic carbocycles. The van der Waals surface area contributed by atoms with Crippen LogP contribution in [0.4, 0.5) is 0 Å². The number of carboxylic acid groups (broad SMARTS) is 1. The Labute approximate surface area is 112 Å². The van der Waals surface area contributed by atoms with Gasteiger partial charge in [-0.25, -0.2) is 12.7 Å². The first-order valence-corrected chi connectivity index (χ1v) is 7.75. The second-order valence-corrected chi connectivity index (χ2v) is 6.91. The van der Waals surface area contributed by atoms with Gasteiger partial charge in [-0.2, -0.15) is 0 Å². The summed E-state index contributed by atoms with van der Waals surface area (Å²) in [6, 6.07) is 8.99. The van der Waals surface area contributed by atoms with Gasteiger partial charge in [0.05, 0.1) is 11.7 Å². The van der Waals surface area contributed by atoms with E-state index in [1.165, 1.54) is 4.31 Å². The highest BCUT2D eigenvalue weighted by Crippen LogP contribution is 2.27. The standard InChI is InChI=1S/C13H17NO4S/c1-10(13(15)16)12-7-14(8-12)19(17,18)9-11-5-3-2-4-6-11/h2-6,10,12H,7-9H2,1H3,(H,15,16). The zero-order valence-corrected chi connectivity index (χ0v) is 11.5. The third kappa shape index (κ3) is 3.13. The normalized spacial score (nSPS) is 18.8. The molecule has 19 heavy (non-hydrogen) atoms. The Morgan fingerprint density at radius 3 is 2.47 bits per heavy atom. The van der Waals surface area contributed by atoms with Crippen LogP contribution in [0.1, 0.15) is 12.5 Å². The van der Waals surface area contributed by atoms with Crippen LogP contribution in [-0.2, 0) is 20.6 Å². The molecule has 0 aromatic heterocycles. The van der Waals surface area contributed by atoms with Crippen LogP contribution in [0.2, 0.25) is 0 Å². The molecule has 1 fully saturated rings. The largest absolute Gasteiger partial charge is 0.481 e. The Balaban J connectivity index is 1.95. The van der Waals surface area contributed by atoms with E-state index in [9.17, 15) is 13.2 Å². The minimum absolute atomic E-state index is 0.0258. The van der Waals surface area contributed by atoms with Crippen molar-refractivity contribution in [2.75, 3.05) is 13.1 Å². The smallest absolute Gasteiger partial charge is 0.306 e. The maximum absolute atomic E-state index is 12.1. The van der Waals surface area contributed by atoms with Gasteiger partial charge in [-0.3, -0.25) is 4.79 Å². The summed E-state index contributed by atoms with van der Waals surface area (Å²) in [5.74, 6) is -1.47. The number of hydrogen-bond donors (Lipinski definition) is 1. The quantitative estimate of drug-likeness (QED) is 0.880. The van der Waals surface area contributed by atoms with E-state index < -0.39 is 21.9 Å². The Morgan fingerprint density at radius 1 is 1.37 bits per heavy atom. The van der Waals surface area contributed by atoms with Gasteiger partial charge in [0.15, 0.2) is 0 Å². The predicted octanol–water partition coefficient (Wildman–Crippen LogP) is 1.17. The Kier molecular flexibility index (Phi) is 3.91. The average Bonchev–Trinajstić information content (AvgIpc) is 2.26. The van der Waals surface area contributed by atoms with Crippen molar-refractivity contribution in [1.29, 1.82) is 0 Å². The molecule has 104 valence electrons. The maximum Gasteiger partial charge on any atom is 0.306 e. The first-order valence-electron chi connectivity index (χ1n) is 6.14. The molecule has 1 aromatic rings.